The lowest BCUT2D eigenvalue weighted by Crippen LogP contribution is -2.34. The molecule has 1 fully saturated rings. The van der Waals surface area contributed by atoms with Gasteiger partial charge in [0.05, 0.1) is 11.4 Å². The third kappa shape index (κ3) is 2.29. The van der Waals surface area contributed by atoms with Gasteiger partial charge < -0.3 is 10.6 Å². The first kappa shape index (κ1) is 11.2. The molecule has 0 radical (unpaired) electrons. The Kier molecular flexibility index (Phi) is 3.32. The zero-order valence-electron chi connectivity index (χ0n) is 10.2. The van der Waals surface area contributed by atoms with Crippen LogP contribution in [0, 0.1) is 6.92 Å². The standard InChI is InChI=1S/C13H21N3/c1-10-12(14)8-9-13(15-10)16(2)11-6-4-3-5-7-11/h8-9,11H,3-7,14H2,1-2H3. The summed E-state index contributed by atoms with van der Waals surface area (Å²) in [5.41, 5.74) is 7.50. The van der Waals surface area contributed by atoms with E-state index in [2.05, 4.69) is 16.9 Å². The summed E-state index contributed by atoms with van der Waals surface area (Å²) in [5, 5.41) is 0. The summed E-state index contributed by atoms with van der Waals surface area (Å²) in [6.07, 6.45) is 6.67. The van der Waals surface area contributed by atoms with Crippen LogP contribution in [0.1, 0.15) is 37.8 Å². The number of pyridine rings is 1. The Morgan fingerprint density at radius 3 is 2.56 bits per heavy atom. The van der Waals surface area contributed by atoms with Gasteiger partial charge in [-0.25, -0.2) is 4.98 Å². The molecular formula is C13H21N3. The summed E-state index contributed by atoms with van der Waals surface area (Å²) in [5.74, 6) is 1.05. The number of nitrogen functional groups attached to an aromatic ring is 1. The molecular weight excluding hydrogens is 198 g/mol. The van der Waals surface area contributed by atoms with E-state index >= 15 is 0 Å². The number of aromatic nitrogens is 1. The van der Waals surface area contributed by atoms with Gasteiger partial charge >= 0.3 is 0 Å². The molecule has 1 saturated carbocycles. The van der Waals surface area contributed by atoms with Crippen molar-refractivity contribution in [1.29, 1.82) is 0 Å². The van der Waals surface area contributed by atoms with E-state index in [1.807, 2.05) is 19.1 Å². The fourth-order valence-corrected chi connectivity index (χ4v) is 2.41. The monoisotopic (exact) mass is 219 g/mol. The lowest BCUT2D eigenvalue weighted by Gasteiger charge is -2.32. The summed E-state index contributed by atoms with van der Waals surface area (Å²) >= 11 is 0. The van der Waals surface area contributed by atoms with Gasteiger partial charge in [-0.15, -0.1) is 0 Å². The summed E-state index contributed by atoms with van der Waals surface area (Å²) in [6, 6.07) is 4.64. The van der Waals surface area contributed by atoms with Crippen LogP contribution in [-0.4, -0.2) is 18.1 Å². The van der Waals surface area contributed by atoms with Gasteiger partial charge in [-0.1, -0.05) is 19.3 Å². The third-order valence-corrected chi connectivity index (χ3v) is 3.60. The Hall–Kier alpha value is -1.25. The van der Waals surface area contributed by atoms with Crippen LogP contribution in [0.25, 0.3) is 0 Å². The van der Waals surface area contributed by atoms with Gasteiger partial charge in [0, 0.05) is 13.1 Å². The molecule has 2 rings (SSSR count). The molecule has 1 aliphatic rings. The van der Waals surface area contributed by atoms with E-state index in [9.17, 15) is 0 Å². The van der Waals surface area contributed by atoms with Crippen molar-refractivity contribution in [3.8, 4) is 0 Å². The van der Waals surface area contributed by atoms with Gasteiger partial charge in [-0.2, -0.15) is 0 Å². The first-order valence-corrected chi connectivity index (χ1v) is 6.14. The largest absolute Gasteiger partial charge is 0.397 e. The minimum atomic E-state index is 0.657. The molecule has 1 heterocycles. The average molecular weight is 219 g/mol. The second-order valence-corrected chi connectivity index (χ2v) is 4.75. The lowest BCUT2D eigenvalue weighted by molar-refractivity contribution is 0.426. The second kappa shape index (κ2) is 4.73. The molecule has 88 valence electrons. The normalized spacial score (nSPS) is 17.4. The van der Waals surface area contributed by atoms with Gasteiger partial charge in [0.15, 0.2) is 0 Å². The van der Waals surface area contributed by atoms with Crippen molar-refractivity contribution in [2.45, 2.75) is 45.1 Å². The van der Waals surface area contributed by atoms with E-state index in [1.165, 1.54) is 32.1 Å². The van der Waals surface area contributed by atoms with Crippen LogP contribution < -0.4 is 10.6 Å². The predicted molar refractivity (Wildman–Crippen MR) is 68.7 cm³/mol. The molecule has 0 bridgehead atoms. The number of hydrogen-bond acceptors (Lipinski definition) is 3. The molecule has 16 heavy (non-hydrogen) atoms. The summed E-state index contributed by atoms with van der Waals surface area (Å²) in [6.45, 7) is 1.97. The van der Waals surface area contributed by atoms with Gasteiger partial charge in [-0.05, 0) is 31.9 Å². The Labute approximate surface area is 97.7 Å². The van der Waals surface area contributed by atoms with Crippen LogP contribution in [0.15, 0.2) is 12.1 Å². The van der Waals surface area contributed by atoms with Crippen molar-refractivity contribution in [3.63, 3.8) is 0 Å². The molecule has 0 unspecified atom stereocenters. The summed E-state index contributed by atoms with van der Waals surface area (Å²) in [4.78, 5) is 6.86. The van der Waals surface area contributed by atoms with E-state index < -0.39 is 0 Å². The molecule has 0 spiro atoms. The quantitative estimate of drug-likeness (QED) is 0.831. The number of aryl methyl sites for hydroxylation is 1. The Morgan fingerprint density at radius 2 is 1.94 bits per heavy atom. The van der Waals surface area contributed by atoms with Crippen molar-refractivity contribution >= 4 is 11.5 Å². The Morgan fingerprint density at radius 1 is 1.25 bits per heavy atom. The zero-order valence-corrected chi connectivity index (χ0v) is 10.2. The topological polar surface area (TPSA) is 42.2 Å². The van der Waals surface area contributed by atoms with E-state index in [4.69, 9.17) is 5.73 Å². The van der Waals surface area contributed by atoms with Crippen molar-refractivity contribution in [2.75, 3.05) is 17.7 Å². The van der Waals surface area contributed by atoms with E-state index in [-0.39, 0.29) is 0 Å². The van der Waals surface area contributed by atoms with Crippen LogP contribution in [-0.2, 0) is 0 Å². The maximum atomic E-state index is 5.79. The third-order valence-electron chi connectivity index (χ3n) is 3.60. The molecule has 1 aromatic heterocycles. The number of nitrogens with two attached hydrogens (primary N) is 1. The van der Waals surface area contributed by atoms with Crippen molar-refractivity contribution in [2.24, 2.45) is 0 Å². The molecule has 0 amide bonds. The SMILES string of the molecule is Cc1nc(N(C)C2CCCCC2)ccc1N. The summed E-state index contributed by atoms with van der Waals surface area (Å²) < 4.78 is 0. The van der Waals surface area contributed by atoms with Gasteiger partial charge in [0.2, 0.25) is 0 Å². The van der Waals surface area contributed by atoms with Gasteiger partial charge in [0.25, 0.3) is 0 Å². The number of rotatable bonds is 2. The minimum Gasteiger partial charge on any atom is -0.397 e. The Bertz CT molecular complexity index is 356. The average Bonchev–Trinajstić information content (AvgIpc) is 2.33. The van der Waals surface area contributed by atoms with Gasteiger partial charge in [-0.3, -0.25) is 0 Å². The number of nitrogens with zero attached hydrogens (tertiary/aromatic N) is 2. The maximum absolute atomic E-state index is 5.79. The molecule has 2 N–H and O–H groups in total. The molecule has 3 nitrogen and oxygen atoms in total. The minimum absolute atomic E-state index is 0.657. The van der Waals surface area contributed by atoms with Crippen LogP contribution in [0.2, 0.25) is 0 Å². The molecule has 0 aliphatic heterocycles. The smallest absolute Gasteiger partial charge is 0.128 e. The second-order valence-electron chi connectivity index (χ2n) is 4.75. The van der Waals surface area contributed by atoms with Crippen LogP contribution >= 0.6 is 0 Å². The predicted octanol–water partition coefficient (Wildman–Crippen LogP) is 2.74. The highest BCUT2D eigenvalue weighted by molar-refractivity contribution is 5.50. The highest BCUT2D eigenvalue weighted by Crippen LogP contribution is 2.25. The molecule has 1 aromatic rings. The highest BCUT2D eigenvalue weighted by Gasteiger charge is 2.19. The summed E-state index contributed by atoms with van der Waals surface area (Å²) in [7, 11) is 2.15. The van der Waals surface area contributed by atoms with Crippen LogP contribution in [0.3, 0.4) is 0 Å². The van der Waals surface area contributed by atoms with E-state index in [1.54, 1.807) is 0 Å². The number of anilines is 2. The number of hydrogen-bond donors (Lipinski definition) is 1. The lowest BCUT2D eigenvalue weighted by atomic mass is 9.94. The van der Waals surface area contributed by atoms with E-state index in [0.29, 0.717) is 6.04 Å². The van der Waals surface area contributed by atoms with E-state index in [0.717, 1.165) is 17.2 Å². The molecule has 0 aromatic carbocycles. The fraction of sp³-hybridized carbons (Fsp3) is 0.615. The fourth-order valence-electron chi connectivity index (χ4n) is 2.41. The van der Waals surface area contributed by atoms with Crippen molar-refractivity contribution in [3.05, 3.63) is 17.8 Å². The van der Waals surface area contributed by atoms with Crippen molar-refractivity contribution in [1.82, 2.24) is 4.98 Å². The molecule has 0 saturated heterocycles. The molecule has 0 atom stereocenters. The van der Waals surface area contributed by atoms with Gasteiger partial charge in [0.1, 0.15) is 5.82 Å². The maximum Gasteiger partial charge on any atom is 0.128 e. The van der Waals surface area contributed by atoms with Crippen LogP contribution in [0.5, 0.6) is 0 Å². The highest BCUT2D eigenvalue weighted by atomic mass is 15.2. The first-order chi connectivity index (χ1) is 7.68. The Balaban J connectivity index is 2.12. The zero-order chi connectivity index (χ0) is 11.5. The molecule has 1 aliphatic carbocycles. The molecule has 3 heteroatoms. The van der Waals surface area contributed by atoms with Crippen molar-refractivity contribution < 1.29 is 0 Å². The van der Waals surface area contributed by atoms with Crippen LogP contribution in [0.4, 0.5) is 11.5 Å². The first-order valence-electron chi connectivity index (χ1n) is 6.14.